The maximum atomic E-state index is 13.1. The standard InChI is InChI=1S/C19H20ClFN2O2S/c20-17-11-16(5-6-18(17)21)26-13-19(24)22-15-3-1-14(2-4-15)12-23-7-9-25-10-8-23/h1-6,11H,7-10,12-13H2,(H,22,24). The molecule has 0 saturated carbocycles. The van der Waals surface area contributed by atoms with E-state index in [4.69, 9.17) is 16.3 Å². The van der Waals surface area contributed by atoms with Gasteiger partial charge in [0.15, 0.2) is 0 Å². The molecule has 3 rings (SSSR count). The summed E-state index contributed by atoms with van der Waals surface area (Å²) < 4.78 is 18.5. The van der Waals surface area contributed by atoms with E-state index < -0.39 is 5.82 Å². The van der Waals surface area contributed by atoms with Crippen LogP contribution in [-0.2, 0) is 16.1 Å². The van der Waals surface area contributed by atoms with Crippen molar-refractivity contribution in [2.45, 2.75) is 11.4 Å². The molecule has 26 heavy (non-hydrogen) atoms. The second kappa shape index (κ2) is 9.37. The number of carbonyl (C=O) groups is 1. The lowest BCUT2D eigenvalue weighted by Gasteiger charge is -2.26. The number of thioether (sulfide) groups is 1. The molecule has 4 nitrogen and oxygen atoms in total. The minimum absolute atomic E-state index is 0.0614. The van der Waals surface area contributed by atoms with Crippen LogP contribution in [0.3, 0.4) is 0 Å². The van der Waals surface area contributed by atoms with Crippen LogP contribution in [0.2, 0.25) is 5.02 Å². The highest BCUT2D eigenvalue weighted by Gasteiger charge is 2.11. The Bertz CT molecular complexity index is 752. The summed E-state index contributed by atoms with van der Waals surface area (Å²) in [4.78, 5) is 15.2. The molecule has 0 aliphatic carbocycles. The van der Waals surface area contributed by atoms with Crippen LogP contribution in [0.5, 0.6) is 0 Å². The number of amides is 1. The Morgan fingerprint density at radius 2 is 1.92 bits per heavy atom. The number of hydrogen-bond acceptors (Lipinski definition) is 4. The molecule has 0 aromatic heterocycles. The van der Waals surface area contributed by atoms with Crippen molar-refractivity contribution in [3.05, 3.63) is 58.9 Å². The van der Waals surface area contributed by atoms with Gasteiger partial charge in [-0.2, -0.15) is 0 Å². The van der Waals surface area contributed by atoms with Crippen LogP contribution >= 0.6 is 23.4 Å². The van der Waals surface area contributed by atoms with E-state index in [2.05, 4.69) is 10.2 Å². The van der Waals surface area contributed by atoms with Crippen LogP contribution in [0.4, 0.5) is 10.1 Å². The molecule has 0 unspecified atom stereocenters. The van der Waals surface area contributed by atoms with Gasteiger partial charge in [-0.05, 0) is 35.9 Å². The molecule has 1 saturated heterocycles. The second-order valence-electron chi connectivity index (χ2n) is 6.00. The summed E-state index contributed by atoms with van der Waals surface area (Å²) in [5.74, 6) is -0.341. The molecule has 2 aromatic carbocycles. The molecule has 2 aromatic rings. The van der Waals surface area contributed by atoms with E-state index in [1.165, 1.54) is 29.5 Å². The first-order valence-corrected chi connectivity index (χ1v) is 9.73. The van der Waals surface area contributed by atoms with Gasteiger partial charge in [-0.1, -0.05) is 23.7 Å². The Labute approximate surface area is 161 Å². The Hall–Kier alpha value is -1.60. The minimum Gasteiger partial charge on any atom is -0.379 e. The van der Waals surface area contributed by atoms with Gasteiger partial charge in [-0.25, -0.2) is 4.39 Å². The molecule has 138 valence electrons. The number of benzene rings is 2. The molecule has 0 spiro atoms. The van der Waals surface area contributed by atoms with Crippen molar-refractivity contribution < 1.29 is 13.9 Å². The summed E-state index contributed by atoms with van der Waals surface area (Å²) in [6.45, 7) is 4.35. The molecule has 1 N–H and O–H groups in total. The highest BCUT2D eigenvalue weighted by molar-refractivity contribution is 8.00. The van der Waals surface area contributed by atoms with Crippen LogP contribution in [-0.4, -0.2) is 42.9 Å². The van der Waals surface area contributed by atoms with Gasteiger partial charge in [0, 0.05) is 30.2 Å². The summed E-state index contributed by atoms with van der Waals surface area (Å²) in [7, 11) is 0. The fraction of sp³-hybridized carbons (Fsp3) is 0.316. The topological polar surface area (TPSA) is 41.6 Å². The van der Waals surface area contributed by atoms with Crippen LogP contribution < -0.4 is 5.32 Å². The number of nitrogens with zero attached hydrogens (tertiary/aromatic N) is 1. The predicted octanol–water partition coefficient (Wildman–Crippen LogP) is 4.04. The van der Waals surface area contributed by atoms with Crippen molar-refractivity contribution in [2.24, 2.45) is 0 Å². The molecule has 1 heterocycles. The summed E-state index contributed by atoms with van der Waals surface area (Å²) >= 11 is 7.06. The van der Waals surface area contributed by atoms with E-state index >= 15 is 0 Å². The van der Waals surface area contributed by atoms with Gasteiger partial charge in [0.05, 0.1) is 24.0 Å². The first kappa shape index (κ1) is 19.2. The van der Waals surface area contributed by atoms with Crippen LogP contribution in [0.15, 0.2) is 47.4 Å². The van der Waals surface area contributed by atoms with Crippen molar-refractivity contribution in [1.29, 1.82) is 0 Å². The molecule has 0 atom stereocenters. The maximum Gasteiger partial charge on any atom is 0.234 e. The number of halogens is 2. The first-order valence-electron chi connectivity index (χ1n) is 8.37. The molecular formula is C19H20ClFN2O2S. The lowest BCUT2D eigenvalue weighted by atomic mass is 10.2. The van der Waals surface area contributed by atoms with Crippen molar-refractivity contribution in [3.8, 4) is 0 Å². The van der Waals surface area contributed by atoms with Gasteiger partial charge in [0.25, 0.3) is 0 Å². The number of nitrogens with one attached hydrogen (secondary N) is 1. The third-order valence-corrected chi connectivity index (χ3v) is 5.29. The van der Waals surface area contributed by atoms with E-state index in [9.17, 15) is 9.18 Å². The van der Waals surface area contributed by atoms with Crippen LogP contribution in [0, 0.1) is 5.82 Å². The molecule has 1 fully saturated rings. The highest BCUT2D eigenvalue weighted by atomic mass is 35.5. The second-order valence-corrected chi connectivity index (χ2v) is 7.45. The lowest BCUT2D eigenvalue weighted by Crippen LogP contribution is -2.35. The zero-order valence-corrected chi connectivity index (χ0v) is 15.8. The van der Waals surface area contributed by atoms with Crippen molar-refractivity contribution in [1.82, 2.24) is 4.90 Å². The fourth-order valence-electron chi connectivity index (χ4n) is 2.62. The summed E-state index contributed by atoms with van der Waals surface area (Å²) in [6, 6.07) is 12.3. The number of morpholine rings is 1. The molecule has 1 aliphatic heterocycles. The van der Waals surface area contributed by atoms with Gasteiger partial charge in [-0.3, -0.25) is 9.69 Å². The Balaban J connectivity index is 1.47. The fourth-order valence-corrected chi connectivity index (χ4v) is 3.60. The minimum atomic E-state index is -0.461. The van der Waals surface area contributed by atoms with Gasteiger partial charge < -0.3 is 10.1 Å². The van der Waals surface area contributed by atoms with E-state index in [1.807, 2.05) is 24.3 Å². The average Bonchev–Trinajstić information content (AvgIpc) is 2.65. The lowest BCUT2D eigenvalue weighted by molar-refractivity contribution is -0.113. The quantitative estimate of drug-likeness (QED) is 0.751. The SMILES string of the molecule is O=C(CSc1ccc(F)c(Cl)c1)Nc1ccc(CN2CCOCC2)cc1. The summed E-state index contributed by atoms with van der Waals surface area (Å²) in [5, 5.41) is 2.93. The third kappa shape index (κ3) is 5.71. The van der Waals surface area contributed by atoms with Gasteiger partial charge in [0.1, 0.15) is 5.82 Å². The first-order chi connectivity index (χ1) is 12.6. The number of anilines is 1. The maximum absolute atomic E-state index is 13.1. The molecule has 0 bridgehead atoms. The molecule has 1 aliphatic rings. The van der Waals surface area contributed by atoms with E-state index in [1.54, 1.807) is 6.07 Å². The largest absolute Gasteiger partial charge is 0.379 e. The van der Waals surface area contributed by atoms with E-state index in [-0.39, 0.29) is 16.7 Å². The number of hydrogen-bond donors (Lipinski definition) is 1. The van der Waals surface area contributed by atoms with Crippen LogP contribution in [0.1, 0.15) is 5.56 Å². The third-order valence-electron chi connectivity index (χ3n) is 4.01. The van der Waals surface area contributed by atoms with Gasteiger partial charge in [-0.15, -0.1) is 11.8 Å². The zero-order chi connectivity index (χ0) is 18.4. The normalized spacial score (nSPS) is 15.0. The van der Waals surface area contributed by atoms with E-state index in [0.29, 0.717) is 0 Å². The summed E-state index contributed by atoms with van der Waals surface area (Å²) in [5.41, 5.74) is 1.97. The smallest absolute Gasteiger partial charge is 0.234 e. The summed E-state index contributed by atoms with van der Waals surface area (Å²) in [6.07, 6.45) is 0. The number of rotatable bonds is 6. The van der Waals surface area contributed by atoms with Gasteiger partial charge in [0.2, 0.25) is 5.91 Å². The Morgan fingerprint density at radius 3 is 2.62 bits per heavy atom. The van der Waals surface area contributed by atoms with Crippen molar-refractivity contribution >= 4 is 35.0 Å². The Morgan fingerprint density at radius 1 is 1.19 bits per heavy atom. The predicted molar refractivity (Wildman–Crippen MR) is 103 cm³/mol. The van der Waals surface area contributed by atoms with Crippen LogP contribution in [0.25, 0.3) is 0 Å². The van der Waals surface area contributed by atoms with Crippen molar-refractivity contribution in [3.63, 3.8) is 0 Å². The van der Waals surface area contributed by atoms with Gasteiger partial charge >= 0.3 is 0 Å². The zero-order valence-electron chi connectivity index (χ0n) is 14.2. The molecule has 7 heteroatoms. The highest BCUT2D eigenvalue weighted by Crippen LogP contribution is 2.24. The van der Waals surface area contributed by atoms with Crippen molar-refractivity contribution in [2.75, 3.05) is 37.4 Å². The molecule has 1 amide bonds. The van der Waals surface area contributed by atoms with E-state index in [0.717, 1.165) is 43.4 Å². The Kier molecular flexibility index (Phi) is 6.91. The average molecular weight is 395 g/mol. The number of carbonyl (C=O) groups excluding carboxylic acids is 1. The molecule has 0 radical (unpaired) electrons. The molecular weight excluding hydrogens is 375 g/mol. The number of ether oxygens (including phenoxy) is 1. The monoisotopic (exact) mass is 394 g/mol.